The van der Waals surface area contributed by atoms with E-state index in [9.17, 15) is 0 Å². The van der Waals surface area contributed by atoms with Crippen LogP contribution in [0, 0.1) is 13.8 Å². The molecule has 1 aromatic heterocycles. The van der Waals surface area contributed by atoms with Crippen molar-refractivity contribution in [2.45, 2.75) is 19.9 Å². The van der Waals surface area contributed by atoms with E-state index in [1.54, 1.807) is 0 Å². The smallest absolute Gasteiger partial charge is 0.178 e. The Morgan fingerprint density at radius 1 is 0.762 bits per heavy atom. The topological polar surface area (TPSA) is 59.3 Å². The molecular formula is C35H36N6O. The molecule has 0 radical (unpaired) electrons. The molecule has 7 nitrogen and oxygen atoms in total. The van der Waals surface area contributed by atoms with Crippen LogP contribution in [-0.2, 0) is 0 Å². The van der Waals surface area contributed by atoms with Crippen LogP contribution in [0.1, 0.15) is 34.1 Å². The van der Waals surface area contributed by atoms with E-state index >= 15 is 0 Å². The Balaban J connectivity index is 1.29. The van der Waals surface area contributed by atoms with Gasteiger partial charge in [0, 0.05) is 32.7 Å². The Morgan fingerprint density at radius 3 is 2.17 bits per heavy atom. The molecule has 0 amide bonds. The van der Waals surface area contributed by atoms with Crippen molar-refractivity contribution < 1.29 is 4.74 Å². The Labute approximate surface area is 247 Å². The van der Waals surface area contributed by atoms with Crippen LogP contribution in [-0.4, -0.2) is 62.7 Å². The van der Waals surface area contributed by atoms with Crippen LogP contribution in [0.5, 0.6) is 11.5 Å². The molecule has 6 rings (SSSR count). The first-order valence-corrected chi connectivity index (χ1v) is 14.5. The van der Waals surface area contributed by atoms with Gasteiger partial charge in [-0.3, -0.25) is 9.80 Å². The highest BCUT2D eigenvalue weighted by molar-refractivity contribution is 5.49. The van der Waals surface area contributed by atoms with Gasteiger partial charge in [-0.05, 0) is 70.8 Å². The number of nitrogens with zero attached hydrogens (tertiary/aromatic N) is 6. The molecule has 7 heteroatoms. The van der Waals surface area contributed by atoms with Gasteiger partial charge < -0.3 is 4.74 Å². The van der Waals surface area contributed by atoms with E-state index in [-0.39, 0.29) is 6.04 Å². The number of aryl methyl sites for hydroxylation is 2. The van der Waals surface area contributed by atoms with Crippen molar-refractivity contribution in [1.29, 1.82) is 0 Å². The molecule has 0 aliphatic carbocycles. The maximum atomic E-state index is 6.23. The molecule has 5 aromatic rings. The highest BCUT2D eigenvalue weighted by Crippen LogP contribution is 2.33. The van der Waals surface area contributed by atoms with Crippen molar-refractivity contribution in [1.82, 2.24) is 30.0 Å². The lowest BCUT2D eigenvalue weighted by molar-refractivity contribution is 0.113. The lowest BCUT2D eigenvalue weighted by atomic mass is 10.0. The molecule has 0 bridgehead atoms. The Kier molecular flexibility index (Phi) is 8.49. The molecule has 1 fully saturated rings. The zero-order valence-corrected chi connectivity index (χ0v) is 24.2. The molecule has 1 aliphatic rings. The number of hydrogen-bond donors (Lipinski definition) is 0. The molecule has 1 saturated heterocycles. The lowest BCUT2D eigenvalue weighted by Crippen LogP contribution is -2.48. The van der Waals surface area contributed by atoms with Gasteiger partial charge in [-0.15, -0.1) is 5.10 Å². The molecule has 1 unspecified atom stereocenters. The third-order valence-corrected chi connectivity index (χ3v) is 7.79. The summed E-state index contributed by atoms with van der Waals surface area (Å²) in [6, 6.07) is 34.8. The number of aromatic nitrogens is 4. The number of rotatable bonds is 9. The second kappa shape index (κ2) is 12.9. The van der Waals surface area contributed by atoms with Gasteiger partial charge in [0.25, 0.3) is 0 Å². The first-order valence-electron chi connectivity index (χ1n) is 14.5. The van der Waals surface area contributed by atoms with Gasteiger partial charge in [0.1, 0.15) is 11.5 Å². The second-order valence-corrected chi connectivity index (χ2v) is 10.7. The number of para-hydroxylation sites is 2. The summed E-state index contributed by atoms with van der Waals surface area (Å²) < 4.78 is 8.16. The van der Waals surface area contributed by atoms with E-state index in [1.807, 2.05) is 47.1 Å². The predicted octanol–water partition coefficient (Wildman–Crippen LogP) is 6.49. The van der Waals surface area contributed by atoms with Crippen LogP contribution in [0.15, 0.2) is 109 Å². The van der Waals surface area contributed by atoms with Gasteiger partial charge in [0.15, 0.2) is 5.82 Å². The quantitative estimate of drug-likeness (QED) is 0.207. The Morgan fingerprint density at radius 2 is 1.43 bits per heavy atom. The molecule has 0 spiro atoms. The average Bonchev–Trinajstić information content (AvgIpc) is 3.48. The lowest BCUT2D eigenvalue weighted by Gasteiger charge is -2.38. The van der Waals surface area contributed by atoms with Crippen molar-refractivity contribution in [2.24, 2.45) is 0 Å². The predicted molar refractivity (Wildman–Crippen MR) is 167 cm³/mol. The Bertz CT molecular complexity index is 1600. The van der Waals surface area contributed by atoms with E-state index < -0.39 is 0 Å². The van der Waals surface area contributed by atoms with E-state index in [1.165, 1.54) is 5.56 Å². The molecule has 212 valence electrons. The molecule has 42 heavy (non-hydrogen) atoms. The molecule has 0 saturated carbocycles. The summed E-state index contributed by atoms with van der Waals surface area (Å²) >= 11 is 0. The van der Waals surface area contributed by atoms with Crippen molar-refractivity contribution in [3.8, 4) is 17.2 Å². The average molecular weight is 557 g/mol. The van der Waals surface area contributed by atoms with Crippen LogP contribution in [0.25, 0.3) is 11.8 Å². The van der Waals surface area contributed by atoms with E-state index in [0.717, 1.165) is 72.4 Å². The fraction of sp³-hybridized carbons (Fsp3) is 0.229. The molecule has 2 heterocycles. The highest BCUT2D eigenvalue weighted by atomic mass is 16.5. The van der Waals surface area contributed by atoms with Crippen LogP contribution in [0.3, 0.4) is 0 Å². The first kappa shape index (κ1) is 27.6. The maximum absolute atomic E-state index is 6.23. The molecular weight excluding hydrogens is 520 g/mol. The normalized spacial score (nSPS) is 15.2. The third kappa shape index (κ3) is 6.33. The summed E-state index contributed by atoms with van der Waals surface area (Å²) in [5.74, 6) is 2.41. The summed E-state index contributed by atoms with van der Waals surface area (Å²) in [6.45, 7) is 8.85. The minimum Gasteiger partial charge on any atom is -0.457 e. The third-order valence-electron chi connectivity index (χ3n) is 7.79. The number of hydrogen-bond acceptors (Lipinski definition) is 6. The van der Waals surface area contributed by atoms with Crippen LogP contribution in [0.2, 0.25) is 0 Å². The minimum atomic E-state index is -0.139. The summed E-state index contributed by atoms with van der Waals surface area (Å²) in [5.41, 5.74) is 5.64. The summed E-state index contributed by atoms with van der Waals surface area (Å²) in [4.78, 5) is 4.99. The molecule has 1 aliphatic heterocycles. The van der Waals surface area contributed by atoms with Crippen LogP contribution < -0.4 is 4.74 Å². The summed E-state index contributed by atoms with van der Waals surface area (Å²) in [5, 5.41) is 13.3. The first-order chi connectivity index (χ1) is 20.7. The number of tetrazole rings is 1. The number of benzene rings is 4. The van der Waals surface area contributed by atoms with E-state index in [2.05, 4.69) is 112 Å². The van der Waals surface area contributed by atoms with Gasteiger partial charge in [-0.2, -0.15) is 4.68 Å². The Hall–Kier alpha value is -4.59. The standard InChI is InChI=1S/C35H36N6O/c1-27-12-9-13-28(2)33(27)41-35(36-37-38-41)34(30-17-10-20-32(26-30)42-31-18-7-4-8-19-31)40-24-22-39(23-25-40)21-11-16-29-14-5-3-6-15-29/h3-20,26,34H,21-25H2,1-2H3/b16-11+. The zero-order valence-electron chi connectivity index (χ0n) is 24.2. The maximum Gasteiger partial charge on any atom is 0.178 e. The largest absolute Gasteiger partial charge is 0.457 e. The van der Waals surface area contributed by atoms with Gasteiger partial charge >= 0.3 is 0 Å². The molecule has 0 N–H and O–H groups in total. The van der Waals surface area contributed by atoms with Gasteiger partial charge in [0.05, 0.1) is 11.7 Å². The summed E-state index contributed by atoms with van der Waals surface area (Å²) in [7, 11) is 0. The fourth-order valence-electron chi connectivity index (χ4n) is 5.67. The monoisotopic (exact) mass is 556 g/mol. The van der Waals surface area contributed by atoms with Gasteiger partial charge in [0.2, 0.25) is 0 Å². The van der Waals surface area contributed by atoms with Crippen LogP contribution in [0.4, 0.5) is 0 Å². The van der Waals surface area contributed by atoms with Crippen molar-refractivity contribution in [2.75, 3.05) is 32.7 Å². The number of piperazine rings is 1. The van der Waals surface area contributed by atoms with Crippen LogP contribution >= 0.6 is 0 Å². The second-order valence-electron chi connectivity index (χ2n) is 10.7. The minimum absolute atomic E-state index is 0.139. The van der Waals surface area contributed by atoms with E-state index in [0.29, 0.717) is 0 Å². The van der Waals surface area contributed by atoms with Crippen molar-refractivity contribution >= 4 is 6.08 Å². The van der Waals surface area contributed by atoms with Gasteiger partial charge in [-0.1, -0.05) is 91.0 Å². The zero-order chi connectivity index (χ0) is 28.7. The molecule has 1 atom stereocenters. The molecule has 4 aromatic carbocycles. The summed E-state index contributed by atoms with van der Waals surface area (Å²) in [6.07, 6.45) is 4.46. The highest BCUT2D eigenvalue weighted by Gasteiger charge is 2.31. The number of ether oxygens (including phenoxy) is 1. The fourth-order valence-corrected chi connectivity index (χ4v) is 5.67. The van der Waals surface area contributed by atoms with Gasteiger partial charge in [-0.25, -0.2) is 0 Å². The SMILES string of the molecule is Cc1cccc(C)c1-n1nnnc1C(c1cccc(Oc2ccccc2)c1)N1CCN(C/C=C/c2ccccc2)CC1. The van der Waals surface area contributed by atoms with E-state index in [4.69, 9.17) is 4.74 Å². The van der Waals surface area contributed by atoms with Crippen molar-refractivity contribution in [3.63, 3.8) is 0 Å². The van der Waals surface area contributed by atoms with Crippen molar-refractivity contribution in [3.05, 3.63) is 137 Å².